The molecule has 2 heterocycles. The number of amides is 3. The van der Waals surface area contributed by atoms with Crippen LogP contribution in [0.25, 0.3) is 5.65 Å². The van der Waals surface area contributed by atoms with Gasteiger partial charge in [0, 0.05) is 19.3 Å². The summed E-state index contributed by atoms with van der Waals surface area (Å²) in [6.45, 7) is 1.60. The number of aromatic nitrogens is 2. The normalized spacial score (nSPS) is 10.6. The number of halogens is 1. The summed E-state index contributed by atoms with van der Waals surface area (Å²) in [7, 11) is 0. The fraction of sp³-hybridized carbons (Fsp3) is 0.150. The van der Waals surface area contributed by atoms with Gasteiger partial charge in [0.25, 0.3) is 5.91 Å². The van der Waals surface area contributed by atoms with E-state index in [2.05, 4.69) is 10.3 Å². The predicted molar refractivity (Wildman–Crippen MR) is 108 cm³/mol. The molecule has 1 aromatic carbocycles. The van der Waals surface area contributed by atoms with Gasteiger partial charge in [-0.2, -0.15) is 0 Å². The van der Waals surface area contributed by atoms with Gasteiger partial charge in [0.05, 0.1) is 5.69 Å². The van der Waals surface area contributed by atoms with Crippen LogP contribution in [0.2, 0.25) is 0 Å². The molecule has 0 aliphatic rings. The SMILES string of the molecule is CCN(C(=O)C(N)=O)c1cccn2c(=O)c(O)c(C(=O)NCc3ccc(F)cc3)nc12. The molecule has 0 bridgehead atoms. The molecule has 0 saturated heterocycles. The van der Waals surface area contributed by atoms with E-state index in [-0.39, 0.29) is 24.4 Å². The van der Waals surface area contributed by atoms with Gasteiger partial charge < -0.3 is 21.1 Å². The molecule has 10 nitrogen and oxygen atoms in total. The number of nitrogens with one attached hydrogen (secondary N) is 1. The van der Waals surface area contributed by atoms with E-state index < -0.39 is 40.5 Å². The number of carbonyl (C=O) groups excluding carboxylic acids is 3. The van der Waals surface area contributed by atoms with E-state index in [1.54, 1.807) is 6.92 Å². The van der Waals surface area contributed by atoms with E-state index in [1.807, 2.05) is 0 Å². The second-order valence-electron chi connectivity index (χ2n) is 6.42. The molecule has 0 unspecified atom stereocenters. The van der Waals surface area contributed by atoms with Crippen molar-refractivity contribution in [3.8, 4) is 5.75 Å². The molecular weight excluding hydrogens is 409 g/mol. The van der Waals surface area contributed by atoms with Crippen molar-refractivity contribution in [1.29, 1.82) is 0 Å². The number of primary amides is 1. The summed E-state index contributed by atoms with van der Waals surface area (Å²) < 4.78 is 14.0. The molecule has 0 aliphatic heterocycles. The number of pyridine rings is 1. The number of anilines is 1. The third-order valence-electron chi connectivity index (χ3n) is 4.45. The van der Waals surface area contributed by atoms with Crippen molar-refractivity contribution in [2.24, 2.45) is 5.73 Å². The number of benzene rings is 1. The van der Waals surface area contributed by atoms with Crippen molar-refractivity contribution in [2.45, 2.75) is 13.5 Å². The molecule has 0 atom stereocenters. The Bertz CT molecular complexity index is 1240. The molecule has 0 saturated carbocycles. The highest BCUT2D eigenvalue weighted by atomic mass is 19.1. The van der Waals surface area contributed by atoms with Crippen molar-refractivity contribution in [2.75, 3.05) is 11.4 Å². The number of carbonyl (C=O) groups is 3. The van der Waals surface area contributed by atoms with Crippen LogP contribution in [0, 0.1) is 5.82 Å². The summed E-state index contributed by atoms with van der Waals surface area (Å²) in [5.41, 5.74) is 4.08. The van der Waals surface area contributed by atoms with Crippen LogP contribution in [-0.4, -0.2) is 38.8 Å². The van der Waals surface area contributed by atoms with Crippen LogP contribution in [0.5, 0.6) is 5.75 Å². The van der Waals surface area contributed by atoms with Crippen LogP contribution in [0.3, 0.4) is 0 Å². The number of fused-ring (bicyclic) bond motifs is 1. The van der Waals surface area contributed by atoms with Crippen molar-refractivity contribution in [1.82, 2.24) is 14.7 Å². The number of nitrogens with two attached hydrogens (primary N) is 1. The summed E-state index contributed by atoms with van der Waals surface area (Å²) in [4.78, 5) is 53.8. The zero-order valence-corrected chi connectivity index (χ0v) is 16.3. The van der Waals surface area contributed by atoms with Gasteiger partial charge >= 0.3 is 17.4 Å². The number of hydrogen-bond donors (Lipinski definition) is 3. The van der Waals surface area contributed by atoms with Crippen molar-refractivity contribution >= 4 is 29.1 Å². The Morgan fingerprint density at radius 3 is 2.52 bits per heavy atom. The topological polar surface area (TPSA) is 147 Å². The van der Waals surface area contributed by atoms with Gasteiger partial charge in [-0.15, -0.1) is 0 Å². The molecule has 3 rings (SSSR count). The number of likely N-dealkylation sites (N-methyl/N-ethyl adjacent to an activating group) is 1. The van der Waals surface area contributed by atoms with Gasteiger partial charge in [-0.25, -0.2) is 9.37 Å². The van der Waals surface area contributed by atoms with Gasteiger partial charge in [0.2, 0.25) is 5.75 Å². The van der Waals surface area contributed by atoms with Crippen molar-refractivity contribution in [3.05, 3.63) is 70.0 Å². The average molecular weight is 427 g/mol. The van der Waals surface area contributed by atoms with E-state index in [0.29, 0.717) is 5.56 Å². The molecular formula is C20H18FN5O5. The quantitative estimate of drug-likeness (QED) is 0.499. The second kappa shape index (κ2) is 8.61. The Hall–Kier alpha value is -4.28. The number of rotatable bonds is 5. The molecule has 31 heavy (non-hydrogen) atoms. The lowest BCUT2D eigenvalue weighted by Gasteiger charge is -2.20. The molecule has 0 radical (unpaired) electrons. The maximum absolute atomic E-state index is 13.0. The Morgan fingerprint density at radius 1 is 1.23 bits per heavy atom. The lowest BCUT2D eigenvalue weighted by Crippen LogP contribution is -2.41. The van der Waals surface area contributed by atoms with E-state index in [9.17, 15) is 28.7 Å². The maximum atomic E-state index is 13.0. The highest BCUT2D eigenvalue weighted by molar-refractivity contribution is 6.40. The summed E-state index contributed by atoms with van der Waals surface area (Å²) in [5.74, 6) is -4.42. The third-order valence-corrected chi connectivity index (χ3v) is 4.45. The number of nitrogens with zero attached hydrogens (tertiary/aromatic N) is 3. The molecule has 2 aromatic heterocycles. The minimum absolute atomic E-state index is 0.0114. The third kappa shape index (κ3) is 4.20. The Labute approximate surface area is 174 Å². The molecule has 11 heteroatoms. The molecule has 4 N–H and O–H groups in total. The lowest BCUT2D eigenvalue weighted by atomic mass is 10.2. The first-order valence-electron chi connectivity index (χ1n) is 9.12. The minimum atomic E-state index is -1.21. The summed E-state index contributed by atoms with van der Waals surface area (Å²) >= 11 is 0. The molecule has 0 spiro atoms. The molecule has 0 fully saturated rings. The minimum Gasteiger partial charge on any atom is -0.501 e. The molecule has 0 aliphatic carbocycles. The number of aromatic hydroxyl groups is 1. The van der Waals surface area contributed by atoms with Gasteiger partial charge in [-0.1, -0.05) is 12.1 Å². The Kier molecular flexibility index (Phi) is 5.95. The first-order valence-corrected chi connectivity index (χ1v) is 9.12. The second-order valence-corrected chi connectivity index (χ2v) is 6.42. The summed E-state index contributed by atoms with van der Waals surface area (Å²) in [6, 6.07) is 8.21. The van der Waals surface area contributed by atoms with Crippen LogP contribution in [0.4, 0.5) is 10.1 Å². The summed E-state index contributed by atoms with van der Waals surface area (Å²) in [5, 5.41) is 12.7. The van der Waals surface area contributed by atoms with Crippen LogP contribution >= 0.6 is 0 Å². The monoisotopic (exact) mass is 427 g/mol. The fourth-order valence-corrected chi connectivity index (χ4v) is 2.93. The van der Waals surface area contributed by atoms with Crippen LogP contribution in [-0.2, 0) is 16.1 Å². The smallest absolute Gasteiger partial charge is 0.316 e. The van der Waals surface area contributed by atoms with Crippen molar-refractivity contribution < 1.29 is 23.9 Å². The fourth-order valence-electron chi connectivity index (χ4n) is 2.93. The Balaban J connectivity index is 2.04. The zero-order valence-electron chi connectivity index (χ0n) is 16.3. The summed E-state index contributed by atoms with van der Waals surface area (Å²) in [6.07, 6.45) is 1.29. The number of hydrogen-bond acceptors (Lipinski definition) is 6. The van der Waals surface area contributed by atoms with Crippen LogP contribution in [0.1, 0.15) is 23.0 Å². The highest BCUT2D eigenvalue weighted by Crippen LogP contribution is 2.22. The van der Waals surface area contributed by atoms with Gasteiger partial charge in [0.1, 0.15) is 5.82 Å². The lowest BCUT2D eigenvalue weighted by molar-refractivity contribution is -0.135. The van der Waals surface area contributed by atoms with Gasteiger partial charge in [0.15, 0.2) is 11.3 Å². The van der Waals surface area contributed by atoms with E-state index in [1.165, 1.54) is 42.6 Å². The van der Waals surface area contributed by atoms with Crippen LogP contribution in [0.15, 0.2) is 47.4 Å². The molecule has 3 amide bonds. The molecule has 160 valence electrons. The zero-order chi connectivity index (χ0) is 22.7. The van der Waals surface area contributed by atoms with E-state index >= 15 is 0 Å². The predicted octanol–water partition coefficient (Wildman–Crippen LogP) is 0.307. The molecule has 3 aromatic rings. The maximum Gasteiger partial charge on any atom is 0.316 e. The van der Waals surface area contributed by atoms with Crippen LogP contribution < -0.4 is 21.5 Å². The van der Waals surface area contributed by atoms with Gasteiger partial charge in [-0.3, -0.25) is 23.6 Å². The first kappa shape index (κ1) is 21.4. The largest absolute Gasteiger partial charge is 0.501 e. The highest BCUT2D eigenvalue weighted by Gasteiger charge is 2.25. The van der Waals surface area contributed by atoms with Gasteiger partial charge in [-0.05, 0) is 36.8 Å². The standard InChI is InChI=1S/C20H18FN5O5/c1-2-25(20(31)16(22)28)13-4-3-9-26-17(13)24-14(15(27)19(26)30)18(29)23-10-11-5-7-12(21)8-6-11/h3-9,27H,2,10H2,1H3,(H2,22,28)(H,23,29). The Morgan fingerprint density at radius 2 is 1.90 bits per heavy atom. The van der Waals surface area contributed by atoms with E-state index in [4.69, 9.17) is 5.73 Å². The van der Waals surface area contributed by atoms with Crippen molar-refractivity contribution in [3.63, 3.8) is 0 Å². The van der Waals surface area contributed by atoms with E-state index in [0.717, 1.165) is 9.30 Å². The average Bonchev–Trinajstić information content (AvgIpc) is 2.76. The first-order chi connectivity index (χ1) is 14.7.